The Morgan fingerprint density at radius 3 is 2.55 bits per heavy atom. The molecule has 0 fully saturated rings. The van der Waals surface area contributed by atoms with Crippen molar-refractivity contribution in [1.29, 1.82) is 0 Å². The molecule has 1 aromatic heterocycles. The maximum Gasteiger partial charge on any atom is 0.424 e. The summed E-state index contributed by atoms with van der Waals surface area (Å²) >= 11 is 0. The third-order valence-electron chi connectivity index (χ3n) is 4.09. The summed E-state index contributed by atoms with van der Waals surface area (Å²) in [5.41, 5.74) is -2.48. The Hall–Kier alpha value is -1.89. The number of benzene rings is 1. The summed E-state index contributed by atoms with van der Waals surface area (Å²) in [5.74, 6) is -0.615. The lowest BCUT2D eigenvalue weighted by Crippen LogP contribution is -2.47. The van der Waals surface area contributed by atoms with Crippen molar-refractivity contribution >= 4 is 29.9 Å². The number of guanidine groups is 1. The Bertz CT molecular complexity index is 812. The number of aliphatic hydroxyl groups is 1. The Morgan fingerprint density at radius 2 is 2.00 bits per heavy atom. The number of halogens is 5. The van der Waals surface area contributed by atoms with Crippen molar-refractivity contribution in [3.8, 4) is 0 Å². The van der Waals surface area contributed by atoms with E-state index >= 15 is 0 Å². The fourth-order valence-corrected chi connectivity index (χ4v) is 2.65. The normalized spacial score (nSPS) is 14.1. The number of nitrogens with one attached hydrogen (secondary N) is 2. The monoisotopic (exact) mass is 529 g/mol. The van der Waals surface area contributed by atoms with Crippen LogP contribution in [0.5, 0.6) is 0 Å². The minimum atomic E-state index is -4.90. The van der Waals surface area contributed by atoms with Gasteiger partial charge in [-0.3, -0.25) is 0 Å². The van der Waals surface area contributed by atoms with E-state index in [2.05, 4.69) is 20.6 Å². The van der Waals surface area contributed by atoms with Gasteiger partial charge in [-0.05, 0) is 24.6 Å². The van der Waals surface area contributed by atoms with Crippen LogP contribution in [0.25, 0.3) is 0 Å². The first-order valence-electron chi connectivity index (χ1n) is 8.71. The third kappa shape index (κ3) is 6.56. The summed E-state index contributed by atoms with van der Waals surface area (Å²) in [7, 11) is 1.39. The van der Waals surface area contributed by atoms with E-state index in [1.807, 2.05) is 0 Å². The lowest BCUT2D eigenvalue weighted by molar-refractivity contribution is -0.272. The summed E-state index contributed by atoms with van der Waals surface area (Å²) in [6, 6.07) is 5.89. The summed E-state index contributed by atoms with van der Waals surface area (Å²) < 4.78 is 54.9. The van der Waals surface area contributed by atoms with Crippen molar-refractivity contribution in [1.82, 2.24) is 20.2 Å². The molecule has 0 radical (unpaired) electrons. The number of rotatable bonds is 7. The van der Waals surface area contributed by atoms with Gasteiger partial charge in [-0.1, -0.05) is 12.1 Å². The van der Waals surface area contributed by atoms with Gasteiger partial charge in [0.15, 0.2) is 5.96 Å². The number of hydrogen-bond donors (Lipinski definition) is 3. The second-order valence-electron chi connectivity index (χ2n) is 6.22. The average Bonchev–Trinajstić information content (AvgIpc) is 3.05. The highest BCUT2D eigenvalue weighted by atomic mass is 127. The number of alkyl halides is 3. The predicted molar refractivity (Wildman–Crippen MR) is 112 cm³/mol. The van der Waals surface area contributed by atoms with Gasteiger partial charge in [-0.2, -0.15) is 13.2 Å². The molecule has 162 valence electrons. The van der Waals surface area contributed by atoms with Crippen LogP contribution in [0.3, 0.4) is 0 Å². The van der Waals surface area contributed by atoms with E-state index in [9.17, 15) is 22.7 Å². The highest BCUT2D eigenvalue weighted by Gasteiger charge is 2.57. The first kappa shape index (κ1) is 25.1. The van der Waals surface area contributed by atoms with Crippen LogP contribution >= 0.6 is 24.0 Å². The number of aliphatic imine (C=N–C) groups is 1. The van der Waals surface area contributed by atoms with Gasteiger partial charge < -0.3 is 20.3 Å². The molecule has 0 saturated heterocycles. The zero-order valence-electron chi connectivity index (χ0n) is 16.0. The number of aromatic nitrogens is 2. The van der Waals surface area contributed by atoms with Gasteiger partial charge in [0.25, 0.3) is 0 Å². The first-order valence-corrected chi connectivity index (χ1v) is 8.71. The fraction of sp³-hybridized carbons (Fsp3) is 0.444. The van der Waals surface area contributed by atoms with Gasteiger partial charge in [0, 0.05) is 39.0 Å². The van der Waals surface area contributed by atoms with Crippen molar-refractivity contribution in [3.05, 3.63) is 53.9 Å². The van der Waals surface area contributed by atoms with Crippen LogP contribution in [0, 0.1) is 5.82 Å². The van der Waals surface area contributed by atoms with Crippen LogP contribution < -0.4 is 10.6 Å². The number of imidazole rings is 1. The minimum absolute atomic E-state index is 0. The standard InChI is InChI=1S/C18H23F4N5O.HI/c1-3-23-16(26-12-13-5-4-6-14(19)11-13)25-8-7-17(28,18(20,21)22)15-24-9-10-27(15)2;/h4-6,9-11,28H,3,7-8,12H2,1-2H3,(H2,23,25,26);1H. The molecule has 11 heteroatoms. The lowest BCUT2D eigenvalue weighted by atomic mass is 9.97. The Morgan fingerprint density at radius 1 is 1.28 bits per heavy atom. The number of hydrogen-bond acceptors (Lipinski definition) is 3. The van der Waals surface area contributed by atoms with Crippen molar-refractivity contribution in [2.24, 2.45) is 12.0 Å². The lowest BCUT2D eigenvalue weighted by Gasteiger charge is -2.30. The molecule has 0 aliphatic heterocycles. The zero-order valence-corrected chi connectivity index (χ0v) is 18.3. The minimum Gasteiger partial charge on any atom is -0.374 e. The van der Waals surface area contributed by atoms with Crippen LogP contribution in [0.4, 0.5) is 17.6 Å². The van der Waals surface area contributed by atoms with E-state index in [0.717, 1.165) is 4.57 Å². The zero-order chi connectivity index (χ0) is 20.8. The molecule has 0 saturated carbocycles. The summed E-state index contributed by atoms with van der Waals surface area (Å²) in [6.45, 7) is 2.23. The number of nitrogens with zero attached hydrogens (tertiary/aromatic N) is 3. The highest BCUT2D eigenvalue weighted by molar-refractivity contribution is 14.0. The van der Waals surface area contributed by atoms with Gasteiger partial charge in [0.05, 0.1) is 6.54 Å². The predicted octanol–water partition coefficient (Wildman–Crippen LogP) is 3.07. The van der Waals surface area contributed by atoms with E-state index in [0.29, 0.717) is 12.1 Å². The fourth-order valence-electron chi connectivity index (χ4n) is 2.65. The Balaban J connectivity index is 0.00000420. The molecule has 2 rings (SSSR count). The Kier molecular flexibility index (Phi) is 9.33. The maximum absolute atomic E-state index is 13.5. The number of aryl methyl sites for hydroxylation is 1. The van der Waals surface area contributed by atoms with Gasteiger partial charge in [0.1, 0.15) is 11.6 Å². The van der Waals surface area contributed by atoms with Gasteiger partial charge in [-0.15, -0.1) is 24.0 Å². The summed E-state index contributed by atoms with van der Waals surface area (Å²) in [5, 5.41) is 16.0. The molecule has 1 unspecified atom stereocenters. The van der Waals surface area contributed by atoms with Crippen molar-refractivity contribution in [2.45, 2.75) is 31.7 Å². The van der Waals surface area contributed by atoms with Crippen molar-refractivity contribution < 1.29 is 22.7 Å². The molecule has 3 N–H and O–H groups in total. The first-order chi connectivity index (χ1) is 13.2. The molecular weight excluding hydrogens is 505 g/mol. The highest BCUT2D eigenvalue weighted by Crippen LogP contribution is 2.40. The van der Waals surface area contributed by atoms with Crippen LogP contribution in [-0.4, -0.2) is 39.9 Å². The molecule has 29 heavy (non-hydrogen) atoms. The van der Waals surface area contributed by atoms with Gasteiger partial charge in [-0.25, -0.2) is 14.4 Å². The second-order valence-corrected chi connectivity index (χ2v) is 6.22. The third-order valence-corrected chi connectivity index (χ3v) is 4.09. The Labute approximate surface area is 183 Å². The molecule has 1 aromatic carbocycles. The quantitative estimate of drug-likeness (QED) is 0.223. The molecule has 0 amide bonds. The molecule has 2 aromatic rings. The second kappa shape index (κ2) is 10.8. The van der Waals surface area contributed by atoms with Gasteiger partial charge >= 0.3 is 6.18 Å². The summed E-state index contributed by atoms with van der Waals surface area (Å²) in [6.07, 6.45) is -3.02. The molecule has 0 aliphatic rings. The topological polar surface area (TPSA) is 74.5 Å². The van der Waals surface area contributed by atoms with Gasteiger partial charge in [0.2, 0.25) is 5.60 Å². The molecule has 1 atom stereocenters. The van der Waals surface area contributed by atoms with Crippen molar-refractivity contribution in [3.63, 3.8) is 0 Å². The van der Waals surface area contributed by atoms with Crippen LogP contribution in [0.1, 0.15) is 24.7 Å². The molecule has 0 aliphatic carbocycles. The van der Waals surface area contributed by atoms with E-state index in [1.165, 1.54) is 31.6 Å². The molecule has 0 spiro atoms. The smallest absolute Gasteiger partial charge is 0.374 e. The molecule has 6 nitrogen and oxygen atoms in total. The average molecular weight is 529 g/mol. The van der Waals surface area contributed by atoms with Crippen LogP contribution in [-0.2, 0) is 19.2 Å². The molecule has 1 heterocycles. The SMILES string of the molecule is CCNC(=NCc1cccc(F)c1)NCCC(O)(c1nccn1C)C(F)(F)F.I. The molecular formula is C18H24F4IN5O. The van der Waals surface area contributed by atoms with E-state index in [-0.39, 0.29) is 43.0 Å². The largest absolute Gasteiger partial charge is 0.424 e. The summed E-state index contributed by atoms with van der Waals surface area (Å²) in [4.78, 5) is 7.89. The van der Waals surface area contributed by atoms with E-state index in [1.54, 1.807) is 19.1 Å². The van der Waals surface area contributed by atoms with Crippen molar-refractivity contribution in [2.75, 3.05) is 13.1 Å². The van der Waals surface area contributed by atoms with Crippen LogP contribution in [0.2, 0.25) is 0 Å². The van der Waals surface area contributed by atoms with E-state index in [4.69, 9.17) is 0 Å². The van der Waals surface area contributed by atoms with Crippen LogP contribution in [0.15, 0.2) is 41.7 Å². The maximum atomic E-state index is 13.5. The van der Waals surface area contributed by atoms with E-state index < -0.39 is 29.8 Å². The molecule has 0 bridgehead atoms.